The number of carbonyl (C=O) groups is 1. The van der Waals surface area contributed by atoms with Crippen LogP contribution in [0.15, 0.2) is 9.32 Å². The van der Waals surface area contributed by atoms with Crippen molar-refractivity contribution >= 4 is 5.91 Å². The number of carbonyl (C=O) groups excluding carboxylic acids is 1. The van der Waals surface area contributed by atoms with Gasteiger partial charge in [-0.2, -0.15) is 0 Å². The number of fused-ring (bicyclic) bond motifs is 1. The third kappa shape index (κ3) is 3.25. The van der Waals surface area contributed by atoms with E-state index in [4.69, 9.17) is 4.52 Å². The summed E-state index contributed by atoms with van der Waals surface area (Å²) in [6.07, 6.45) is 2.22. The standard InChI is InChI=1S/C17H22N4O3/c1-10-13(11(2)24-20-10)4-5-16(22)21-8-6-14-15(7-9-21)18-12(3)19-17(14)23/h4-9H2,1-3H3,(H,18,19,23). The summed E-state index contributed by atoms with van der Waals surface area (Å²) < 4.78 is 5.14. The third-order valence-electron chi connectivity index (χ3n) is 4.59. The summed E-state index contributed by atoms with van der Waals surface area (Å²) in [5.74, 6) is 1.49. The maximum absolute atomic E-state index is 12.5. The van der Waals surface area contributed by atoms with Crippen LogP contribution in [0, 0.1) is 20.8 Å². The second kappa shape index (κ2) is 6.59. The molecule has 0 spiro atoms. The van der Waals surface area contributed by atoms with Crippen molar-refractivity contribution in [3.8, 4) is 0 Å². The van der Waals surface area contributed by atoms with Gasteiger partial charge in [0.05, 0.1) is 11.4 Å². The molecule has 2 aromatic heterocycles. The van der Waals surface area contributed by atoms with Crippen LogP contribution in [0.2, 0.25) is 0 Å². The van der Waals surface area contributed by atoms with Crippen LogP contribution in [0.1, 0.15) is 40.5 Å². The molecule has 0 fully saturated rings. The first-order valence-corrected chi connectivity index (χ1v) is 8.24. The van der Waals surface area contributed by atoms with Gasteiger partial charge < -0.3 is 14.4 Å². The molecule has 0 atom stereocenters. The van der Waals surface area contributed by atoms with E-state index in [0.717, 1.165) is 22.7 Å². The number of aryl methyl sites for hydroxylation is 3. The molecule has 1 N–H and O–H groups in total. The highest BCUT2D eigenvalue weighted by atomic mass is 16.5. The summed E-state index contributed by atoms with van der Waals surface area (Å²) in [6, 6.07) is 0. The number of rotatable bonds is 3. The summed E-state index contributed by atoms with van der Waals surface area (Å²) >= 11 is 0. The molecule has 0 bridgehead atoms. The van der Waals surface area contributed by atoms with Gasteiger partial charge in [-0.15, -0.1) is 0 Å². The van der Waals surface area contributed by atoms with Gasteiger partial charge in [-0.25, -0.2) is 4.98 Å². The predicted octanol–water partition coefficient (Wildman–Crippen LogP) is 1.24. The van der Waals surface area contributed by atoms with Gasteiger partial charge in [0.1, 0.15) is 11.6 Å². The van der Waals surface area contributed by atoms with E-state index >= 15 is 0 Å². The van der Waals surface area contributed by atoms with Gasteiger partial charge in [-0.1, -0.05) is 5.16 Å². The minimum absolute atomic E-state index is 0.0810. The molecule has 0 unspecified atom stereocenters. The van der Waals surface area contributed by atoms with Crippen molar-refractivity contribution in [1.82, 2.24) is 20.0 Å². The lowest BCUT2D eigenvalue weighted by molar-refractivity contribution is -0.131. The zero-order chi connectivity index (χ0) is 17.3. The quantitative estimate of drug-likeness (QED) is 0.914. The number of H-pyrrole nitrogens is 1. The molecule has 1 aliphatic rings. The number of amides is 1. The molecule has 7 nitrogen and oxygen atoms in total. The predicted molar refractivity (Wildman–Crippen MR) is 87.9 cm³/mol. The van der Waals surface area contributed by atoms with Crippen LogP contribution >= 0.6 is 0 Å². The van der Waals surface area contributed by atoms with Crippen LogP contribution in [0.3, 0.4) is 0 Å². The molecule has 0 radical (unpaired) electrons. The van der Waals surface area contributed by atoms with E-state index in [-0.39, 0.29) is 11.5 Å². The fourth-order valence-electron chi connectivity index (χ4n) is 3.23. The lowest BCUT2D eigenvalue weighted by Gasteiger charge is -2.20. The topological polar surface area (TPSA) is 92.1 Å². The molecular weight excluding hydrogens is 308 g/mol. The lowest BCUT2D eigenvalue weighted by Crippen LogP contribution is -2.33. The van der Waals surface area contributed by atoms with E-state index in [0.29, 0.717) is 50.2 Å². The summed E-state index contributed by atoms with van der Waals surface area (Å²) in [5, 5.41) is 3.92. The van der Waals surface area contributed by atoms with E-state index in [1.54, 1.807) is 6.92 Å². The monoisotopic (exact) mass is 330 g/mol. The maximum Gasteiger partial charge on any atom is 0.254 e. The van der Waals surface area contributed by atoms with Crippen LogP contribution in [0.25, 0.3) is 0 Å². The molecule has 1 amide bonds. The SMILES string of the molecule is Cc1nc2c(c(=O)[nH]1)CCN(C(=O)CCc1c(C)noc1C)CC2. The third-order valence-corrected chi connectivity index (χ3v) is 4.59. The number of hydrogen-bond acceptors (Lipinski definition) is 5. The Morgan fingerprint density at radius 3 is 2.71 bits per heavy atom. The largest absolute Gasteiger partial charge is 0.361 e. The summed E-state index contributed by atoms with van der Waals surface area (Å²) in [6.45, 7) is 6.69. The average Bonchev–Trinajstić information content (AvgIpc) is 2.73. The van der Waals surface area contributed by atoms with Gasteiger partial charge in [0.25, 0.3) is 5.56 Å². The first kappa shape index (κ1) is 16.4. The molecular formula is C17H22N4O3. The zero-order valence-corrected chi connectivity index (χ0v) is 14.3. The Balaban J connectivity index is 1.66. The van der Waals surface area contributed by atoms with Crippen LogP contribution in [-0.4, -0.2) is 39.0 Å². The molecule has 0 aromatic carbocycles. The van der Waals surface area contributed by atoms with Crippen molar-refractivity contribution in [2.45, 2.75) is 46.5 Å². The molecule has 3 heterocycles. The van der Waals surface area contributed by atoms with Gasteiger partial charge in [0.2, 0.25) is 5.91 Å². The maximum atomic E-state index is 12.5. The minimum Gasteiger partial charge on any atom is -0.361 e. The van der Waals surface area contributed by atoms with Gasteiger partial charge in [-0.05, 0) is 33.6 Å². The molecule has 0 saturated carbocycles. The van der Waals surface area contributed by atoms with Crippen LogP contribution < -0.4 is 5.56 Å². The van der Waals surface area contributed by atoms with Crippen molar-refractivity contribution in [2.24, 2.45) is 0 Å². The molecule has 1 aliphatic heterocycles. The molecule has 0 aliphatic carbocycles. The van der Waals surface area contributed by atoms with E-state index < -0.39 is 0 Å². The molecule has 128 valence electrons. The average molecular weight is 330 g/mol. The second-order valence-electron chi connectivity index (χ2n) is 6.26. The van der Waals surface area contributed by atoms with Gasteiger partial charge in [0, 0.05) is 37.1 Å². The van der Waals surface area contributed by atoms with E-state index in [2.05, 4.69) is 15.1 Å². The van der Waals surface area contributed by atoms with Gasteiger partial charge >= 0.3 is 0 Å². The number of aromatic amines is 1. The molecule has 0 saturated heterocycles. The van der Waals surface area contributed by atoms with Crippen LogP contribution in [0.4, 0.5) is 0 Å². The Bertz CT molecular complexity index is 802. The van der Waals surface area contributed by atoms with E-state index in [1.807, 2.05) is 18.7 Å². The smallest absolute Gasteiger partial charge is 0.254 e. The van der Waals surface area contributed by atoms with Gasteiger partial charge in [0.15, 0.2) is 0 Å². The number of nitrogens with one attached hydrogen (secondary N) is 1. The van der Waals surface area contributed by atoms with Crippen molar-refractivity contribution < 1.29 is 9.32 Å². The highest BCUT2D eigenvalue weighted by Crippen LogP contribution is 2.16. The first-order valence-electron chi connectivity index (χ1n) is 8.24. The fraction of sp³-hybridized carbons (Fsp3) is 0.529. The van der Waals surface area contributed by atoms with Crippen molar-refractivity contribution in [1.29, 1.82) is 0 Å². The number of nitrogens with zero attached hydrogens (tertiary/aromatic N) is 3. The summed E-state index contributed by atoms with van der Waals surface area (Å²) in [7, 11) is 0. The first-order chi connectivity index (χ1) is 11.5. The number of aromatic nitrogens is 3. The van der Waals surface area contributed by atoms with E-state index in [9.17, 15) is 9.59 Å². The number of hydrogen-bond donors (Lipinski definition) is 1. The normalized spacial score (nSPS) is 14.4. The van der Waals surface area contributed by atoms with Crippen molar-refractivity contribution in [3.05, 3.63) is 44.5 Å². The Hall–Kier alpha value is -2.44. The second-order valence-corrected chi connectivity index (χ2v) is 6.26. The Morgan fingerprint density at radius 1 is 1.25 bits per heavy atom. The van der Waals surface area contributed by atoms with Crippen molar-refractivity contribution in [2.75, 3.05) is 13.1 Å². The zero-order valence-electron chi connectivity index (χ0n) is 14.3. The Morgan fingerprint density at radius 2 is 2.00 bits per heavy atom. The molecule has 3 rings (SSSR count). The summed E-state index contributed by atoms with van der Waals surface area (Å²) in [4.78, 5) is 33.6. The highest BCUT2D eigenvalue weighted by molar-refractivity contribution is 5.76. The molecule has 24 heavy (non-hydrogen) atoms. The van der Waals surface area contributed by atoms with E-state index in [1.165, 1.54) is 0 Å². The molecule has 7 heteroatoms. The Kier molecular flexibility index (Phi) is 4.51. The Labute approximate surface area is 140 Å². The van der Waals surface area contributed by atoms with Crippen LogP contribution in [-0.2, 0) is 24.1 Å². The highest BCUT2D eigenvalue weighted by Gasteiger charge is 2.22. The molecule has 2 aromatic rings. The fourth-order valence-corrected chi connectivity index (χ4v) is 3.23. The minimum atomic E-state index is -0.0810. The van der Waals surface area contributed by atoms with Gasteiger partial charge in [-0.3, -0.25) is 9.59 Å². The lowest BCUT2D eigenvalue weighted by atomic mass is 10.1. The van der Waals surface area contributed by atoms with Crippen LogP contribution in [0.5, 0.6) is 0 Å². The summed E-state index contributed by atoms with van der Waals surface area (Å²) in [5.41, 5.74) is 3.30. The van der Waals surface area contributed by atoms with Crippen molar-refractivity contribution in [3.63, 3.8) is 0 Å².